The van der Waals surface area contributed by atoms with Crippen LogP contribution in [0.5, 0.6) is 0 Å². The Kier molecular flexibility index (Phi) is 3.17. The van der Waals surface area contributed by atoms with Crippen LogP contribution in [-0.2, 0) is 7.05 Å². The Morgan fingerprint density at radius 1 is 0.950 bits per heavy atom. The monoisotopic (exact) mass is 262 g/mol. The molecule has 0 aliphatic carbocycles. The summed E-state index contributed by atoms with van der Waals surface area (Å²) in [7, 11) is 1.74. The van der Waals surface area contributed by atoms with E-state index in [9.17, 15) is 4.79 Å². The molecule has 0 aliphatic rings. The average molecular weight is 262 g/mol. The van der Waals surface area contributed by atoms with Crippen LogP contribution < -0.4 is 5.56 Å². The molecular formula is C17H14N2O. The number of fused-ring (bicyclic) bond motifs is 1. The molecule has 3 aromatic rings. The summed E-state index contributed by atoms with van der Waals surface area (Å²) < 4.78 is 1.57. The van der Waals surface area contributed by atoms with Gasteiger partial charge in [0.25, 0.3) is 5.56 Å². The molecule has 0 aliphatic heterocycles. The predicted molar refractivity (Wildman–Crippen MR) is 82.4 cm³/mol. The van der Waals surface area contributed by atoms with Crippen molar-refractivity contribution in [2.24, 2.45) is 7.05 Å². The third kappa shape index (κ3) is 2.26. The highest BCUT2D eigenvalue weighted by atomic mass is 16.1. The lowest BCUT2D eigenvalue weighted by molar-refractivity contribution is 0.828. The van der Waals surface area contributed by atoms with Gasteiger partial charge in [-0.3, -0.25) is 9.36 Å². The van der Waals surface area contributed by atoms with E-state index >= 15 is 0 Å². The van der Waals surface area contributed by atoms with Crippen molar-refractivity contribution in [2.75, 3.05) is 0 Å². The van der Waals surface area contributed by atoms with Gasteiger partial charge in [-0.2, -0.15) is 0 Å². The van der Waals surface area contributed by atoms with Gasteiger partial charge < -0.3 is 0 Å². The predicted octanol–water partition coefficient (Wildman–Crippen LogP) is 3.10. The van der Waals surface area contributed by atoms with Gasteiger partial charge in [0.1, 0.15) is 5.82 Å². The van der Waals surface area contributed by atoms with Gasteiger partial charge in [0.05, 0.1) is 10.9 Å². The smallest absolute Gasteiger partial charge is 0.261 e. The summed E-state index contributed by atoms with van der Waals surface area (Å²) in [5.41, 5.74) is 1.78. The first-order valence-electron chi connectivity index (χ1n) is 6.44. The molecule has 0 saturated carbocycles. The van der Waals surface area contributed by atoms with Crippen LogP contribution in [0.25, 0.3) is 23.1 Å². The average Bonchev–Trinajstić information content (AvgIpc) is 2.50. The second-order valence-electron chi connectivity index (χ2n) is 4.60. The summed E-state index contributed by atoms with van der Waals surface area (Å²) in [6, 6.07) is 17.3. The normalized spacial score (nSPS) is 11.2. The van der Waals surface area contributed by atoms with Crippen LogP contribution in [0.3, 0.4) is 0 Å². The van der Waals surface area contributed by atoms with Crippen molar-refractivity contribution in [1.29, 1.82) is 0 Å². The zero-order valence-corrected chi connectivity index (χ0v) is 11.2. The summed E-state index contributed by atoms with van der Waals surface area (Å²) in [6.45, 7) is 0. The van der Waals surface area contributed by atoms with E-state index < -0.39 is 0 Å². The second-order valence-corrected chi connectivity index (χ2v) is 4.60. The van der Waals surface area contributed by atoms with Crippen LogP contribution in [0, 0.1) is 0 Å². The Balaban J connectivity index is 2.11. The van der Waals surface area contributed by atoms with E-state index in [1.165, 1.54) is 0 Å². The number of para-hydroxylation sites is 1. The maximum absolute atomic E-state index is 12.2. The fraction of sp³-hybridized carbons (Fsp3) is 0.0588. The minimum atomic E-state index is -0.0247. The highest BCUT2D eigenvalue weighted by Crippen LogP contribution is 2.10. The molecule has 98 valence electrons. The van der Waals surface area contributed by atoms with Crippen molar-refractivity contribution in [1.82, 2.24) is 9.55 Å². The molecule has 0 saturated heterocycles. The van der Waals surface area contributed by atoms with Crippen LogP contribution in [0.15, 0.2) is 59.4 Å². The van der Waals surface area contributed by atoms with Crippen molar-refractivity contribution in [3.05, 3.63) is 76.3 Å². The Morgan fingerprint density at radius 2 is 1.65 bits per heavy atom. The maximum atomic E-state index is 12.2. The quantitative estimate of drug-likeness (QED) is 0.711. The first-order valence-corrected chi connectivity index (χ1v) is 6.44. The van der Waals surface area contributed by atoms with E-state index in [1.807, 2.05) is 60.7 Å². The van der Waals surface area contributed by atoms with Gasteiger partial charge in [-0.15, -0.1) is 0 Å². The van der Waals surface area contributed by atoms with Crippen molar-refractivity contribution >= 4 is 23.1 Å². The van der Waals surface area contributed by atoms with Crippen molar-refractivity contribution in [3.63, 3.8) is 0 Å². The molecule has 0 unspecified atom stereocenters. The highest BCUT2D eigenvalue weighted by Gasteiger charge is 2.04. The molecule has 20 heavy (non-hydrogen) atoms. The first-order chi connectivity index (χ1) is 9.75. The number of aromatic nitrogens is 2. The SMILES string of the molecule is Cn1c(/C=C/c2ccccc2)nc2ccccc2c1=O. The molecule has 0 fully saturated rings. The minimum absolute atomic E-state index is 0.0247. The van der Waals surface area contributed by atoms with E-state index in [0.717, 1.165) is 11.1 Å². The second kappa shape index (κ2) is 5.13. The molecule has 0 spiro atoms. The molecule has 3 heteroatoms. The van der Waals surface area contributed by atoms with Gasteiger partial charge in [-0.25, -0.2) is 4.98 Å². The lowest BCUT2D eigenvalue weighted by Crippen LogP contribution is -2.20. The van der Waals surface area contributed by atoms with Crippen LogP contribution in [-0.4, -0.2) is 9.55 Å². The van der Waals surface area contributed by atoms with Gasteiger partial charge in [-0.05, 0) is 23.8 Å². The fourth-order valence-electron chi connectivity index (χ4n) is 2.12. The summed E-state index contributed by atoms with van der Waals surface area (Å²) in [4.78, 5) is 16.8. The van der Waals surface area contributed by atoms with Crippen molar-refractivity contribution in [3.8, 4) is 0 Å². The van der Waals surface area contributed by atoms with Crippen LogP contribution in [0.2, 0.25) is 0 Å². The van der Waals surface area contributed by atoms with E-state index in [0.29, 0.717) is 11.2 Å². The molecule has 0 radical (unpaired) electrons. The van der Waals surface area contributed by atoms with Gasteiger partial charge >= 0.3 is 0 Å². The van der Waals surface area contributed by atoms with E-state index in [-0.39, 0.29) is 5.56 Å². The zero-order valence-electron chi connectivity index (χ0n) is 11.2. The van der Waals surface area contributed by atoms with Crippen LogP contribution in [0.4, 0.5) is 0 Å². The van der Waals surface area contributed by atoms with E-state index in [4.69, 9.17) is 0 Å². The fourth-order valence-corrected chi connectivity index (χ4v) is 2.12. The van der Waals surface area contributed by atoms with Gasteiger partial charge in [0.2, 0.25) is 0 Å². The molecule has 3 nitrogen and oxygen atoms in total. The Labute approximate surface area is 116 Å². The third-order valence-electron chi connectivity index (χ3n) is 3.24. The van der Waals surface area contributed by atoms with Crippen LogP contribution in [0.1, 0.15) is 11.4 Å². The number of benzene rings is 2. The molecule has 2 aromatic carbocycles. The Hall–Kier alpha value is -2.68. The number of hydrogen-bond donors (Lipinski definition) is 0. The molecular weight excluding hydrogens is 248 g/mol. The molecule has 1 aromatic heterocycles. The van der Waals surface area contributed by atoms with Crippen molar-refractivity contribution in [2.45, 2.75) is 0 Å². The highest BCUT2D eigenvalue weighted by molar-refractivity contribution is 5.79. The maximum Gasteiger partial charge on any atom is 0.261 e. The molecule has 0 atom stereocenters. The van der Waals surface area contributed by atoms with Crippen molar-refractivity contribution < 1.29 is 0 Å². The third-order valence-corrected chi connectivity index (χ3v) is 3.24. The lowest BCUT2D eigenvalue weighted by Gasteiger charge is -2.05. The van der Waals surface area contributed by atoms with Gasteiger partial charge in [0, 0.05) is 7.05 Å². The zero-order chi connectivity index (χ0) is 13.9. The summed E-state index contributed by atoms with van der Waals surface area (Å²) >= 11 is 0. The van der Waals surface area contributed by atoms with E-state index in [1.54, 1.807) is 17.7 Å². The van der Waals surface area contributed by atoms with Crippen LogP contribution >= 0.6 is 0 Å². The lowest BCUT2D eigenvalue weighted by atomic mass is 10.2. The van der Waals surface area contributed by atoms with Gasteiger partial charge in [0.15, 0.2) is 0 Å². The largest absolute Gasteiger partial charge is 0.296 e. The Morgan fingerprint density at radius 3 is 2.45 bits per heavy atom. The first kappa shape index (κ1) is 12.4. The summed E-state index contributed by atoms with van der Waals surface area (Å²) in [6.07, 6.45) is 3.82. The molecule has 1 heterocycles. The minimum Gasteiger partial charge on any atom is -0.296 e. The summed E-state index contributed by atoms with van der Waals surface area (Å²) in [5, 5.41) is 0.645. The molecule has 0 amide bonds. The van der Waals surface area contributed by atoms with Gasteiger partial charge in [-0.1, -0.05) is 48.5 Å². The number of hydrogen-bond acceptors (Lipinski definition) is 2. The molecule has 0 N–H and O–H groups in total. The summed E-state index contributed by atoms with van der Waals surface area (Å²) in [5.74, 6) is 0.651. The number of rotatable bonds is 2. The topological polar surface area (TPSA) is 34.9 Å². The molecule has 3 rings (SSSR count). The molecule has 0 bridgehead atoms. The number of nitrogens with zero attached hydrogens (tertiary/aromatic N) is 2. The Bertz CT molecular complexity index is 832. The standard InChI is InChI=1S/C17H14N2O/c1-19-16(12-11-13-7-3-2-4-8-13)18-15-10-6-5-9-14(15)17(19)20/h2-12H,1H3/b12-11+. The van der Waals surface area contributed by atoms with E-state index in [2.05, 4.69) is 4.98 Å².